The van der Waals surface area contributed by atoms with E-state index >= 15 is 0 Å². The molecule has 0 saturated heterocycles. The Morgan fingerprint density at radius 1 is 1.19 bits per heavy atom. The molecule has 1 aromatic heterocycles. The predicted octanol–water partition coefficient (Wildman–Crippen LogP) is 4.88. The zero-order valence-electron chi connectivity index (χ0n) is 12.1. The first-order valence-electron chi connectivity index (χ1n) is 6.45. The standard InChI is InChI=1S/C16H16ClNO2S/c1-16(2,3)11-4-6-12(7-5-11)21-14-9-10(15(19)20)8-13(17)18-14/h4-9H,1-3H3,(H,19,20). The summed E-state index contributed by atoms with van der Waals surface area (Å²) >= 11 is 7.25. The zero-order valence-corrected chi connectivity index (χ0v) is 13.6. The molecule has 0 fully saturated rings. The largest absolute Gasteiger partial charge is 0.478 e. The first kappa shape index (κ1) is 15.9. The molecule has 0 aliphatic heterocycles. The Bertz CT molecular complexity index is 663. The van der Waals surface area contributed by atoms with Crippen molar-refractivity contribution >= 4 is 29.3 Å². The molecule has 1 heterocycles. The number of halogens is 1. The van der Waals surface area contributed by atoms with Crippen LogP contribution in [0.1, 0.15) is 36.7 Å². The lowest BCUT2D eigenvalue weighted by atomic mass is 9.87. The van der Waals surface area contributed by atoms with Crippen molar-refractivity contribution in [2.75, 3.05) is 0 Å². The molecular formula is C16H16ClNO2S. The van der Waals surface area contributed by atoms with E-state index in [9.17, 15) is 4.79 Å². The van der Waals surface area contributed by atoms with Gasteiger partial charge < -0.3 is 5.11 Å². The summed E-state index contributed by atoms with van der Waals surface area (Å²) in [5.74, 6) is -1.01. The lowest BCUT2D eigenvalue weighted by Gasteiger charge is -2.19. The van der Waals surface area contributed by atoms with Gasteiger partial charge in [0.25, 0.3) is 0 Å². The Kier molecular flexibility index (Phi) is 4.59. The summed E-state index contributed by atoms with van der Waals surface area (Å²) < 4.78 is 0. The first-order valence-corrected chi connectivity index (χ1v) is 7.64. The Morgan fingerprint density at radius 3 is 2.33 bits per heavy atom. The van der Waals surface area contributed by atoms with Crippen molar-refractivity contribution < 1.29 is 9.90 Å². The smallest absolute Gasteiger partial charge is 0.335 e. The van der Waals surface area contributed by atoms with Gasteiger partial charge in [-0.3, -0.25) is 0 Å². The maximum absolute atomic E-state index is 11.0. The van der Waals surface area contributed by atoms with Crippen molar-refractivity contribution in [1.29, 1.82) is 0 Å². The van der Waals surface area contributed by atoms with E-state index in [1.54, 1.807) is 0 Å². The summed E-state index contributed by atoms with van der Waals surface area (Å²) in [6, 6.07) is 11.0. The highest BCUT2D eigenvalue weighted by Crippen LogP contribution is 2.30. The van der Waals surface area contributed by atoms with Gasteiger partial charge in [-0.25, -0.2) is 9.78 Å². The van der Waals surface area contributed by atoms with Crippen molar-refractivity contribution in [2.24, 2.45) is 0 Å². The number of nitrogens with zero attached hydrogens (tertiary/aromatic N) is 1. The summed E-state index contributed by atoms with van der Waals surface area (Å²) in [6.45, 7) is 6.48. The van der Waals surface area contributed by atoms with Crippen LogP contribution in [0.15, 0.2) is 46.3 Å². The summed E-state index contributed by atoms with van der Waals surface area (Å²) in [6.07, 6.45) is 0. The Labute approximate surface area is 133 Å². The van der Waals surface area contributed by atoms with Crippen LogP contribution in [0, 0.1) is 0 Å². The van der Waals surface area contributed by atoms with Crippen molar-refractivity contribution in [2.45, 2.75) is 36.1 Å². The van der Waals surface area contributed by atoms with Gasteiger partial charge in [0.05, 0.1) is 5.56 Å². The molecule has 5 heteroatoms. The van der Waals surface area contributed by atoms with Crippen molar-refractivity contribution in [1.82, 2.24) is 4.98 Å². The highest BCUT2D eigenvalue weighted by Gasteiger charge is 2.13. The monoisotopic (exact) mass is 321 g/mol. The fraction of sp³-hybridized carbons (Fsp3) is 0.250. The maximum Gasteiger partial charge on any atom is 0.335 e. The molecule has 1 aromatic carbocycles. The molecule has 1 N–H and O–H groups in total. The SMILES string of the molecule is CC(C)(C)c1ccc(Sc2cc(C(=O)O)cc(Cl)n2)cc1. The average molecular weight is 322 g/mol. The van der Waals surface area contributed by atoms with Gasteiger partial charge in [0.15, 0.2) is 0 Å². The minimum absolute atomic E-state index is 0.105. The van der Waals surface area contributed by atoms with Crippen LogP contribution in [0.3, 0.4) is 0 Å². The lowest BCUT2D eigenvalue weighted by Crippen LogP contribution is -2.10. The summed E-state index contributed by atoms with van der Waals surface area (Å²) in [7, 11) is 0. The third-order valence-electron chi connectivity index (χ3n) is 2.96. The molecule has 0 bridgehead atoms. The van der Waals surface area contributed by atoms with Gasteiger partial charge in [0, 0.05) is 4.90 Å². The number of carboxylic acids is 1. The molecule has 0 aliphatic carbocycles. The van der Waals surface area contributed by atoms with Gasteiger partial charge in [-0.1, -0.05) is 56.3 Å². The van der Waals surface area contributed by atoms with Crippen LogP contribution in [-0.2, 0) is 5.41 Å². The molecule has 0 aliphatic rings. The van der Waals surface area contributed by atoms with Crippen LogP contribution in [0.2, 0.25) is 5.15 Å². The van der Waals surface area contributed by atoms with Crippen LogP contribution < -0.4 is 0 Å². The van der Waals surface area contributed by atoms with Crippen molar-refractivity contribution in [3.8, 4) is 0 Å². The first-order chi connectivity index (χ1) is 9.75. The molecule has 2 rings (SSSR count). The van der Waals surface area contributed by atoms with Crippen molar-refractivity contribution in [3.05, 3.63) is 52.7 Å². The fourth-order valence-electron chi connectivity index (χ4n) is 1.79. The summed E-state index contributed by atoms with van der Waals surface area (Å²) in [5.41, 5.74) is 1.49. The van der Waals surface area contributed by atoms with E-state index in [2.05, 4.69) is 37.9 Å². The minimum Gasteiger partial charge on any atom is -0.478 e. The van der Waals surface area contributed by atoms with E-state index in [1.807, 2.05) is 12.1 Å². The highest BCUT2D eigenvalue weighted by atomic mass is 35.5. The molecule has 0 unspecified atom stereocenters. The molecule has 3 nitrogen and oxygen atoms in total. The molecular weight excluding hydrogens is 306 g/mol. The van der Waals surface area contributed by atoms with E-state index in [1.165, 1.54) is 29.5 Å². The molecule has 2 aromatic rings. The van der Waals surface area contributed by atoms with Crippen molar-refractivity contribution in [3.63, 3.8) is 0 Å². The van der Waals surface area contributed by atoms with E-state index in [4.69, 9.17) is 16.7 Å². The van der Waals surface area contributed by atoms with Crippen LogP contribution in [-0.4, -0.2) is 16.1 Å². The summed E-state index contributed by atoms with van der Waals surface area (Å²) in [4.78, 5) is 16.2. The fourth-order valence-corrected chi connectivity index (χ4v) is 2.89. The van der Waals surface area contributed by atoms with Crippen LogP contribution in [0.25, 0.3) is 0 Å². The van der Waals surface area contributed by atoms with E-state index in [-0.39, 0.29) is 16.1 Å². The van der Waals surface area contributed by atoms with Gasteiger partial charge in [0.2, 0.25) is 0 Å². The molecule has 0 radical (unpaired) electrons. The third kappa shape index (κ3) is 4.22. The number of hydrogen-bond donors (Lipinski definition) is 1. The number of aromatic carboxylic acids is 1. The predicted molar refractivity (Wildman–Crippen MR) is 85.5 cm³/mol. The Hall–Kier alpha value is -1.52. The number of rotatable bonds is 3. The number of carbonyl (C=O) groups is 1. The molecule has 0 spiro atoms. The number of benzene rings is 1. The van der Waals surface area contributed by atoms with Crippen LogP contribution in [0.4, 0.5) is 0 Å². The lowest BCUT2D eigenvalue weighted by molar-refractivity contribution is 0.0696. The maximum atomic E-state index is 11.0. The molecule has 21 heavy (non-hydrogen) atoms. The third-order valence-corrected chi connectivity index (χ3v) is 4.08. The van der Waals surface area contributed by atoms with Gasteiger partial charge in [0.1, 0.15) is 10.2 Å². The summed E-state index contributed by atoms with van der Waals surface area (Å²) in [5, 5.41) is 9.79. The van der Waals surface area contributed by atoms with Gasteiger partial charge in [-0.05, 0) is 35.2 Å². The van der Waals surface area contributed by atoms with E-state index < -0.39 is 5.97 Å². The number of carboxylic acid groups (broad SMARTS) is 1. The van der Waals surface area contributed by atoms with E-state index in [0.717, 1.165) is 4.90 Å². The van der Waals surface area contributed by atoms with Gasteiger partial charge >= 0.3 is 5.97 Å². The minimum atomic E-state index is -1.01. The number of aromatic nitrogens is 1. The second kappa shape index (κ2) is 6.08. The normalized spacial score (nSPS) is 11.4. The molecule has 110 valence electrons. The van der Waals surface area contributed by atoms with E-state index in [0.29, 0.717) is 5.03 Å². The topological polar surface area (TPSA) is 50.2 Å². The van der Waals surface area contributed by atoms with Crippen LogP contribution in [0.5, 0.6) is 0 Å². The molecule has 0 atom stereocenters. The quantitative estimate of drug-likeness (QED) is 0.818. The second-order valence-corrected chi connectivity index (χ2v) is 7.18. The molecule has 0 saturated carbocycles. The van der Waals surface area contributed by atoms with Crippen LogP contribution >= 0.6 is 23.4 Å². The zero-order chi connectivity index (χ0) is 15.6. The number of hydrogen-bond acceptors (Lipinski definition) is 3. The van der Waals surface area contributed by atoms with Gasteiger partial charge in [-0.15, -0.1) is 0 Å². The average Bonchev–Trinajstić information content (AvgIpc) is 2.37. The molecule has 0 amide bonds. The van der Waals surface area contributed by atoms with Gasteiger partial charge in [-0.2, -0.15) is 0 Å². The highest BCUT2D eigenvalue weighted by molar-refractivity contribution is 7.99. The Balaban J connectivity index is 2.24. The number of pyridine rings is 1. The Morgan fingerprint density at radius 2 is 1.81 bits per heavy atom. The second-order valence-electron chi connectivity index (χ2n) is 5.70.